The second kappa shape index (κ2) is 9.50. The summed E-state index contributed by atoms with van der Waals surface area (Å²) in [6.45, 7) is 9.23. The lowest BCUT2D eigenvalue weighted by Crippen LogP contribution is -2.48. The van der Waals surface area contributed by atoms with Crippen LogP contribution in [0.3, 0.4) is 0 Å². The van der Waals surface area contributed by atoms with Crippen molar-refractivity contribution in [2.45, 2.75) is 26.4 Å². The zero-order valence-corrected chi connectivity index (χ0v) is 18.4. The Kier molecular flexibility index (Phi) is 6.54. The maximum Gasteiger partial charge on any atom is 0.259 e. The van der Waals surface area contributed by atoms with Crippen LogP contribution in [0.2, 0.25) is 0 Å². The van der Waals surface area contributed by atoms with Crippen LogP contribution in [0, 0.1) is 6.92 Å². The molecule has 0 spiro atoms. The molecule has 162 valence electrons. The number of hydrogen-bond donors (Lipinski definition) is 1. The number of likely N-dealkylation sites (N-methyl/N-ethyl adjacent to an activating group) is 1. The fourth-order valence-electron chi connectivity index (χ4n) is 4.52. The number of rotatable bonds is 6. The minimum atomic E-state index is -0.268. The van der Waals surface area contributed by atoms with Gasteiger partial charge in [0.05, 0.1) is 18.2 Å². The molecule has 1 aliphatic heterocycles. The Morgan fingerprint density at radius 1 is 0.935 bits per heavy atom. The Morgan fingerprint density at radius 2 is 1.55 bits per heavy atom. The summed E-state index contributed by atoms with van der Waals surface area (Å²) in [6, 6.07) is 21.5. The first kappa shape index (κ1) is 21.3. The summed E-state index contributed by atoms with van der Waals surface area (Å²) in [4.78, 5) is 18.5. The van der Waals surface area contributed by atoms with Crippen molar-refractivity contribution in [1.82, 2.24) is 14.4 Å². The van der Waals surface area contributed by atoms with Crippen LogP contribution in [-0.2, 0) is 6.54 Å². The second-order valence-electron chi connectivity index (χ2n) is 8.24. The van der Waals surface area contributed by atoms with Crippen LogP contribution in [0.4, 0.5) is 0 Å². The molecule has 1 N–H and O–H groups in total. The number of aryl methyl sites for hydroxylation is 1. The van der Waals surface area contributed by atoms with E-state index in [2.05, 4.69) is 28.9 Å². The Balaban J connectivity index is 1.79. The van der Waals surface area contributed by atoms with Crippen LogP contribution < -0.4 is 5.56 Å². The molecule has 1 aliphatic rings. The minimum absolute atomic E-state index is 0.0820. The highest BCUT2D eigenvalue weighted by molar-refractivity contribution is 5.41. The summed E-state index contributed by atoms with van der Waals surface area (Å²) in [7, 11) is 0. The molecule has 0 bridgehead atoms. The average molecular weight is 418 g/mol. The number of pyridine rings is 1. The molecule has 3 aromatic rings. The number of aromatic hydroxyl groups is 1. The van der Waals surface area contributed by atoms with Gasteiger partial charge in [0, 0.05) is 31.9 Å². The van der Waals surface area contributed by atoms with E-state index in [1.165, 1.54) is 0 Å². The van der Waals surface area contributed by atoms with Crippen molar-refractivity contribution in [3.63, 3.8) is 0 Å². The van der Waals surface area contributed by atoms with Gasteiger partial charge in [0.15, 0.2) is 0 Å². The Bertz CT molecular complexity index is 1060. The number of nitrogens with zero attached hydrogens (tertiary/aromatic N) is 3. The van der Waals surface area contributed by atoms with Crippen molar-refractivity contribution >= 4 is 0 Å². The normalized spacial score (nSPS) is 16.3. The molecule has 1 fully saturated rings. The van der Waals surface area contributed by atoms with Crippen LogP contribution >= 0.6 is 0 Å². The summed E-state index contributed by atoms with van der Waals surface area (Å²) >= 11 is 0. The van der Waals surface area contributed by atoms with Crippen LogP contribution in [0.15, 0.2) is 71.5 Å². The van der Waals surface area contributed by atoms with Crippen LogP contribution in [-0.4, -0.2) is 52.2 Å². The van der Waals surface area contributed by atoms with Gasteiger partial charge in [0.25, 0.3) is 5.56 Å². The van der Waals surface area contributed by atoms with Crippen LogP contribution in [0.25, 0.3) is 0 Å². The molecule has 0 saturated carbocycles. The number of hydrogen-bond acceptors (Lipinski definition) is 4. The zero-order chi connectivity index (χ0) is 21.8. The molecular weight excluding hydrogens is 386 g/mol. The van der Waals surface area contributed by atoms with Gasteiger partial charge in [-0.2, -0.15) is 0 Å². The average Bonchev–Trinajstić information content (AvgIpc) is 2.81. The first-order valence-electron chi connectivity index (χ1n) is 11.1. The molecule has 1 saturated heterocycles. The lowest BCUT2D eigenvalue weighted by atomic mass is 9.96. The molecule has 2 heterocycles. The molecule has 0 aliphatic carbocycles. The molecule has 0 amide bonds. The van der Waals surface area contributed by atoms with Crippen LogP contribution in [0.5, 0.6) is 5.75 Å². The molecule has 4 rings (SSSR count). The number of benzene rings is 2. The topological polar surface area (TPSA) is 48.7 Å². The third-order valence-electron chi connectivity index (χ3n) is 6.31. The Morgan fingerprint density at radius 3 is 2.16 bits per heavy atom. The SMILES string of the molecule is CCN1CCN(C(c2ccccc2)c2c(O)cc(C)n(Cc3ccccc3)c2=O)CC1. The molecule has 31 heavy (non-hydrogen) atoms. The fraction of sp³-hybridized carbons (Fsp3) is 0.346. The molecule has 0 radical (unpaired) electrons. The molecule has 1 atom stereocenters. The van der Waals surface area contributed by atoms with Crippen molar-refractivity contribution in [3.05, 3.63) is 99.5 Å². The summed E-state index contributed by atoms with van der Waals surface area (Å²) in [6.07, 6.45) is 0. The summed E-state index contributed by atoms with van der Waals surface area (Å²) < 4.78 is 1.78. The Labute approximate surface area is 184 Å². The number of aromatic nitrogens is 1. The van der Waals surface area contributed by atoms with E-state index in [9.17, 15) is 9.90 Å². The smallest absolute Gasteiger partial charge is 0.259 e. The lowest BCUT2D eigenvalue weighted by Gasteiger charge is -2.39. The van der Waals surface area contributed by atoms with Gasteiger partial charge in [-0.15, -0.1) is 0 Å². The van der Waals surface area contributed by atoms with Gasteiger partial charge in [-0.3, -0.25) is 9.69 Å². The van der Waals surface area contributed by atoms with Crippen LogP contribution in [0.1, 0.15) is 35.3 Å². The predicted octanol–water partition coefficient (Wildman–Crippen LogP) is 3.64. The number of piperazine rings is 1. The van der Waals surface area contributed by atoms with E-state index in [0.717, 1.165) is 49.5 Å². The molecule has 5 heteroatoms. The van der Waals surface area contributed by atoms with Gasteiger partial charge in [0.2, 0.25) is 0 Å². The van der Waals surface area contributed by atoms with Crippen molar-refractivity contribution in [2.24, 2.45) is 0 Å². The molecule has 1 unspecified atom stereocenters. The zero-order valence-electron chi connectivity index (χ0n) is 18.4. The van der Waals surface area contributed by atoms with E-state index in [1.54, 1.807) is 10.6 Å². The Hall–Kier alpha value is -2.89. The quantitative estimate of drug-likeness (QED) is 0.665. The maximum atomic E-state index is 13.8. The van der Waals surface area contributed by atoms with Gasteiger partial charge in [-0.25, -0.2) is 0 Å². The highest BCUT2D eigenvalue weighted by atomic mass is 16.3. The largest absolute Gasteiger partial charge is 0.507 e. The first-order valence-corrected chi connectivity index (χ1v) is 11.1. The highest BCUT2D eigenvalue weighted by Crippen LogP contribution is 2.33. The molecule has 5 nitrogen and oxygen atoms in total. The standard InChI is InChI=1S/C26H31N3O2/c1-3-27-14-16-28(17-15-27)25(22-12-8-5-9-13-22)24-23(30)18-20(2)29(26(24)31)19-21-10-6-4-7-11-21/h4-13,18,25,30H,3,14-17,19H2,1-2H3. The minimum Gasteiger partial charge on any atom is -0.507 e. The van der Waals surface area contributed by atoms with E-state index >= 15 is 0 Å². The summed E-state index contributed by atoms with van der Waals surface area (Å²) in [5.41, 5.74) is 3.22. The third kappa shape index (κ3) is 4.58. The van der Waals surface area contributed by atoms with Crippen molar-refractivity contribution in [2.75, 3.05) is 32.7 Å². The van der Waals surface area contributed by atoms with E-state index in [-0.39, 0.29) is 17.4 Å². The maximum absolute atomic E-state index is 13.8. The summed E-state index contributed by atoms with van der Waals surface area (Å²) in [5, 5.41) is 11.0. The van der Waals surface area contributed by atoms with Gasteiger partial charge >= 0.3 is 0 Å². The third-order valence-corrected chi connectivity index (χ3v) is 6.31. The first-order chi connectivity index (χ1) is 15.1. The van der Waals surface area contributed by atoms with E-state index in [4.69, 9.17) is 0 Å². The van der Waals surface area contributed by atoms with Gasteiger partial charge in [0.1, 0.15) is 5.75 Å². The lowest BCUT2D eigenvalue weighted by molar-refractivity contribution is 0.111. The molecule has 2 aromatic carbocycles. The predicted molar refractivity (Wildman–Crippen MR) is 125 cm³/mol. The van der Waals surface area contributed by atoms with E-state index in [1.807, 2.05) is 55.5 Å². The molecular formula is C26H31N3O2. The van der Waals surface area contributed by atoms with Gasteiger partial charge in [-0.1, -0.05) is 67.6 Å². The monoisotopic (exact) mass is 417 g/mol. The van der Waals surface area contributed by atoms with E-state index < -0.39 is 0 Å². The van der Waals surface area contributed by atoms with E-state index in [0.29, 0.717) is 12.1 Å². The second-order valence-corrected chi connectivity index (χ2v) is 8.24. The molecule has 1 aromatic heterocycles. The highest BCUT2D eigenvalue weighted by Gasteiger charge is 2.31. The van der Waals surface area contributed by atoms with Gasteiger partial charge < -0.3 is 14.6 Å². The van der Waals surface area contributed by atoms with Gasteiger partial charge in [-0.05, 0) is 30.7 Å². The van der Waals surface area contributed by atoms with Crippen molar-refractivity contribution < 1.29 is 5.11 Å². The van der Waals surface area contributed by atoms with Crippen molar-refractivity contribution in [1.29, 1.82) is 0 Å². The fourth-order valence-corrected chi connectivity index (χ4v) is 4.52. The summed E-state index contributed by atoms with van der Waals surface area (Å²) in [5.74, 6) is 0.0820. The van der Waals surface area contributed by atoms with Crippen molar-refractivity contribution in [3.8, 4) is 5.75 Å².